The molecule has 1 saturated heterocycles. The van der Waals surface area contributed by atoms with Crippen molar-refractivity contribution in [1.82, 2.24) is 9.88 Å². The Morgan fingerprint density at radius 1 is 1.21 bits per heavy atom. The van der Waals surface area contributed by atoms with E-state index < -0.39 is 18.0 Å². The minimum Gasteiger partial charge on any atom is -0.491 e. The minimum atomic E-state index is -4.17. The Bertz CT molecular complexity index is 718. The van der Waals surface area contributed by atoms with Gasteiger partial charge < -0.3 is 15.4 Å². The molecule has 3 rings (SSSR count). The van der Waals surface area contributed by atoms with Crippen LogP contribution < -0.4 is 10.5 Å². The third-order valence-corrected chi connectivity index (χ3v) is 5.62. The number of hydrogen-bond donors (Lipinski definition) is 1. The number of pyridine rings is 1. The SMILES string of the molecule is NC(=O)c1ncccc1OCC1CCN(C(=O)C2CCC(C(F)(F)F)CC2)C1. The van der Waals surface area contributed by atoms with Crippen LogP contribution in [-0.2, 0) is 4.79 Å². The van der Waals surface area contributed by atoms with E-state index in [0.29, 0.717) is 38.3 Å². The highest BCUT2D eigenvalue weighted by atomic mass is 19.4. The molecule has 0 radical (unpaired) electrons. The quantitative estimate of drug-likeness (QED) is 0.825. The van der Waals surface area contributed by atoms with Crippen molar-refractivity contribution in [1.29, 1.82) is 0 Å². The number of hydrogen-bond acceptors (Lipinski definition) is 4. The van der Waals surface area contributed by atoms with Crippen LogP contribution in [0.25, 0.3) is 0 Å². The van der Waals surface area contributed by atoms with E-state index in [1.807, 2.05) is 0 Å². The molecule has 154 valence electrons. The van der Waals surface area contributed by atoms with Gasteiger partial charge in [0.25, 0.3) is 5.91 Å². The molecule has 9 heteroatoms. The Morgan fingerprint density at radius 3 is 2.57 bits per heavy atom. The molecule has 1 saturated carbocycles. The van der Waals surface area contributed by atoms with Crippen LogP contribution in [0, 0.1) is 17.8 Å². The van der Waals surface area contributed by atoms with Gasteiger partial charge in [-0.15, -0.1) is 0 Å². The summed E-state index contributed by atoms with van der Waals surface area (Å²) in [6.45, 7) is 1.39. The number of carbonyl (C=O) groups excluding carboxylic acids is 2. The van der Waals surface area contributed by atoms with Crippen LogP contribution in [-0.4, -0.2) is 47.6 Å². The van der Waals surface area contributed by atoms with Gasteiger partial charge in [-0.3, -0.25) is 9.59 Å². The van der Waals surface area contributed by atoms with Gasteiger partial charge in [-0.05, 0) is 44.2 Å². The minimum absolute atomic E-state index is 0.0250. The lowest BCUT2D eigenvalue weighted by molar-refractivity contribution is -0.185. The van der Waals surface area contributed by atoms with Gasteiger partial charge in [0.15, 0.2) is 11.4 Å². The van der Waals surface area contributed by atoms with Gasteiger partial charge in [-0.25, -0.2) is 4.98 Å². The number of halogens is 3. The molecule has 2 fully saturated rings. The predicted molar refractivity (Wildman–Crippen MR) is 94.4 cm³/mol. The number of alkyl halides is 3. The largest absolute Gasteiger partial charge is 0.491 e. The molecule has 0 spiro atoms. The number of carbonyl (C=O) groups is 2. The third kappa shape index (κ3) is 4.74. The Morgan fingerprint density at radius 2 is 1.93 bits per heavy atom. The Hall–Kier alpha value is -2.32. The average molecular weight is 399 g/mol. The topological polar surface area (TPSA) is 85.5 Å². The van der Waals surface area contributed by atoms with Crippen molar-refractivity contribution in [2.75, 3.05) is 19.7 Å². The number of aromatic nitrogens is 1. The molecule has 1 unspecified atom stereocenters. The van der Waals surface area contributed by atoms with E-state index in [2.05, 4.69) is 4.98 Å². The first-order chi connectivity index (χ1) is 13.3. The second-order valence-corrected chi connectivity index (χ2v) is 7.55. The average Bonchev–Trinajstić information content (AvgIpc) is 3.14. The highest BCUT2D eigenvalue weighted by Gasteiger charge is 2.43. The van der Waals surface area contributed by atoms with E-state index in [9.17, 15) is 22.8 Å². The van der Waals surface area contributed by atoms with Crippen molar-refractivity contribution >= 4 is 11.8 Å². The lowest BCUT2D eigenvalue weighted by atomic mass is 9.81. The summed E-state index contributed by atoms with van der Waals surface area (Å²) in [5.41, 5.74) is 5.34. The molecule has 0 bridgehead atoms. The molecule has 0 aromatic carbocycles. The summed E-state index contributed by atoms with van der Waals surface area (Å²) in [5.74, 6) is -1.93. The van der Waals surface area contributed by atoms with Crippen LogP contribution in [0.15, 0.2) is 18.3 Å². The molecule has 1 atom stereocenters. The molecular formula is C19H24F3N3O3. The number of nitrogens with two attached hydrogens (primary N) is 1. The van der Waals surface area contributed by atoms with E-state index in [0.717, 1.165) is 6.42 Å². The molecule has 2 aliphatic rings. The lowest BCUT2D eigenvalue weighted by Crippen LogP contribution is -2.38. The van der Waals surface area contributed by atoms with Gasteiger partial charge in [0, 0.05) is 31.1 Å². The van der Waals surface area contributed by atoms with Crippen LogP contribution >= 0.6 is 0 Å². The number of ether oxygens (including phenoxy) is 1. The predicted octanol–water partition coefficient (Wildman–Crippen LogP) is 2.78. The summed E-state index contributed by atoms with van der Waals surface area (Å²) in [5, 5.41) is 0. The van der Waals surface area contributed by atoms with E-state index in [1.54, 1.807) is 17.0 Å². The number of rotatable bonds is 5. The number of amides is 2. The van der Waals surface area contributed by atoms with Crippen molar-refractivity contribution in [2.45, 2.75) is 38.3 Å². The highest BCUT2D eigenvalue weighted by Crippen LogP contribution is 2.40. The second-order valence-electron chi connectivity index (χ2n) is 7.55. The van der Waals surface area contributed by atoms with Crippen LogP contribution in [0.5, 0.6) is 5.75 Å². The molecule has 2 N–H and O–H groups in total. The van der Waals surface area contributed by atoms with E-state index in [1.165, 1.54) is 6.20 Å². The normalized spacial score (nSPS) is 25.5. The molecular weight excluding hydrogens is 375 g/mol. The van der Waals surface area contributed by atoms with E-state index in [4.69, 9.17) is 10.5 Å². The van der Waals surface area contributed by atoms with Gasteiger partial charge in [-0.1, -0.05) is 0 Å². The number of nitrogens with zero attached hydrogens (tertiary/aromatic N) is 2. The highest BCUT2D eigenvalue weighted by molar-refractivity contribution is 5.93. The zero-order valence-corrected chi connectivity index (χ0v) is 15.5. The molecule has 2 amide bonds. The second kappa shape index (κ2) is 8.36. The van der Waals surface area contributed by atoms with Gasteiger partial charge in [0.2, 0.25) is 5.91 Å². The van der Waals surface area contributed by atoms with Crippen molar-refractivity contribution in [3.8, 4) is 5.75 Å². The van der Waals surface area contributed by atoms with Gasteiger partial charge in [0.1, 0.15) is 0 Å². The van der Waals surface area contributed by atoms with Gasteiger partial charge >= 0.3 is 6.18 Å². The third-order valence-electron chi connectivity index (χ3n) is 5.62. The fourth-order valence-electron chi connectivity index (χ4n) is 3.99. The van der Waals surface area contributed by atoms with Crippen molar-refractivity contribution in [3.63, 3.8) is 0 Å². The van der Waals surface area contributed by atoms with Crippen molar-refractivity contribution in [3.05, 3.63) is 24.0 Å². The van der Waals surface area contributed by atoms with E-state index in [-0.39, 0.29) is 36.3 Å². The Kier molecular flexibility index (Phi) is 6.10. The molecule has 28 heavy (non-hydrogen) atoms. The summed E-state index contributed by atoms with van der Waals surface area (Å²) in [7, 11) is 0. The smallest absolute Gasteiger partial charge is 0.391 e. The fraction of sp³-hybridized carbons (Fsp3) is 0.632. The maximum Gasteiger partial charge on any atom is 0.391 e. The van der Waals surface area contributed by atoms with Crippen molar-refractivity contribution in [2.24, 2.45) is 23.5 Å². The zero-order valence-electron chi connectivity index (χ0n) is 15.5. The summed E-state index contributed by atoms with van der Waals surface area (Å²) < 4.78 is 44.0. The maximum atomic E-state index is 12.8. The first-order valence-corrected chi connectivity index (χ1v) is 9.48. The van der Waals surface area contributed by atoms with Crippen LogP contribution in [0.1, 0.15) is 42.6 Å². The standard InChI is InChI=1S/C19H24F3N3O3/c20-19(21,22)14-5-3-13(4-6-14)18(27)25-9-7-12(10-25)11-28-15-2-1-8-24-16(15)17(23)26/h1-2,8,12-14H,3-7,9-11H2,(H2,23,26). The van der Waals surface area contributed by atoms with Crippen LogP contribution in [0.3, 0.4) is 0 Å². The van der Waals surface area contributed by atoms with Crippen LogP contribution in [0.4, 0.5) is 13.2 Å². The number of likely N-dealkylation sites (tertiary alicyclic amines) is 1. The van der Waals surface area contributed by atoms with E-state index >= 15 is 0 Å². The van der Waals surface area contributed by atoms with Crippen LogP contribution in [0.2, 0.25) is 0 Å². The number of primary amides is 1. The summed E-state index contributed by atoms with van der Waals surface area (Å²) >= 11 is 0. The lowest BCUT2D eigenvalue weighted by Gasteiger charge is -2.31. The van der Waals surface area contributed by atoms with Gasteiger partial charge in [0.05, 0.1) is 12.5 Å². The molecule has 1 aliphatic heterocycles. The summed E-state index contributed by atoms with van der Waals surface area (Å²) in [4.78, 5) is 29.7. The molecule has 6 nitrogen and oxygen atoms in total. The van der Waals surface area contributed by atoms with Gasteiger partial charge in [-0.2, -0.15) is 13.2 Å². The maximum absolute atomic E-state index is 12.8. The van der Waals surface area contributed by atoms with Crippen molar-refractivity contribution < 1.29 is 27.5 Å². The zero-order chi connectivity index (χ0) is 20.3. The first-order valence-electron chi connectivity index (χ1n) is 9.48. The molecule has 1 aromatic heterocycles. The molecule has 1 aromatic rings. The Balaban J connectivity index is 1.48. The molecule has 2 heterocycles. The Labute approximate surface area is 161 Å². The monoisotopic (exact) mass is 399 g/mol. The first kappa shape index (κ1) is 20.4. The summed E-state index contributed by atoms with van der Waals surface area (Å²) in [6.07, 6.45) is -1.34. The molecule has 1 aliphatic carbocycles. The summed E-state index contributed by atoms with van der Waals surface area (Å²) in [6, 6.07) is 3.26. The fourth-order valence-corrected chi connectivity index (χ4v) is 3.99.